The van der Waals surface area contributed by atoms with E-state index in [2.05, 4.69) is 5.32 Å². The Morgan fingerprint density at radius 3 is 2.48 bits per heavy atom. The fourth-order valence-corrected chi connectivity index (χ4v) is 3.19. The maximum Gasteiger partial charge on any atom is 0.341 e. The smallest absolute Gasteiger partial charge is 0.341 e. The number of Topliss-reactive ketones (excluding diaryl/α,β-unsaturated/α-hetero) is 1. The Labute approximate surface area is 137 Å². The summed E-state index contributed by atoms with van der Waals surface area (Å²) in [5.74, 6) is -0.493. The summed E-state index contributed by atoms with van der Waals surface area (Å²) < 4.78 is 10.3. The van der Waals surface area contributed by atoms with Crippen LogP contribution in [0.1, 0.15) is 55.8 Å². The largest absolute Gasteiger partial charge is 0.462 e. The van der Waals surface area contributed by atoms with Crippen molar-refractivity contribution in [3.63, 3.8) is 0 Å². The first-order chi connectivity index (χ1) is 10.8. The molecule has 0 atom stereocenters. The minimum absolute atomic E-state index is 0.132. The number of esters is 1. The summed E-state index contributed by atoms with van der Waals surface area (Å²) in [7, 11) is 0. The highest BCUT2D eigenvalue weighted by molar-refractivity contribution is 7.18. The number of amides is 1. The van der Waals surface area contributed by atoms with Crippen LogP contribution in [-0.2, 0) is 4.74 Å². The molecule has 0 aromatic carbocycles. The molecule has 6 nitrogen and oxygen atoms in total. The van der Waals surface area contributed by atoms with E-state index >= 15 is 0 Å². The zero-order valence-corrected chi connectivity index (χ0v) is 14.1. The molecule has 2 rings (SSSR count). The molecule has 0 unspecified atom stereocenters. The second kappa shape index (κ2) is 6.78. The molecule has 0 bridgehead atoms. The van der Waals surface area contributed by atoms with Gasteiger partial charge in [0.15, 0.2) is 11.5 Å². The summed E-state index contributed by atoms with van der Waals surface area (Å²) in [5.41, 5.74) is 0.713. The van der Waals surface area contributed by atoms with E-state index in [0.29, 0.717) is 16.2 Å². The third-order valence-electron chi connectivity index (χ3n) is 3.14. The first kappa shape index (κ1) is 17.0. The van der Waals surface area contributed by atoms with Crippen molar-refractivity contribution < 1.29 is 23.5 Å². The molecule has 23 heavy (non-hydrogen) atoms. The van der Waals surface area contributed by atoms with E-state index in [1.54, 1.807) is 32.9 Å². The Balaban J connectivity index is 2.40. The zero-order chi connectivity index (χ0) is 17.1. The molecule has 1 amide bonds. The number of hydrogen-bond donors (Lipinski definition) is 1. The van der Waals surface area contributed by atoms with Gasteiger partial charge in [0, 0.05) is 0 Å². The number of ether oxygens (including phenoxy) is 1. The van der Waals surface area contributed by atoms with Crippen molar-refractivity contribution in [2.24, 2.45) is 0 Å². The zero-order valence-electron chi connectivity index (χ0n) is 13.3. The lowest BCUT2D eigenvalue weighted by Gasteiger charge is -2.06. The van der Waals surface area contributed by atoms with Gasteiger partial charge in [-0.2, -0.15) is 0 Å². The fraction of sp³-hybridized carbons (Fsp3) is 0.312. The fourth-order valence-electron chi connectivity index (χ4n) is 2.11. The van der Waals surface area contributed by atoms with Crippen molar-refractivity contribution in [3.05, 3.63) is 39.7 Å². The van der Waals surface area contributed by atoms with Gasteiger partial charge in [0.2, 0.25) is 0 Å². The van der Waals surface area contributed by atoms with E-state index in [9.17, 15) is 14.4 Å². The molecule has 0 aliphatic carbocycles. The van der Waals surface area contributed by atoms with Crippen molar-refractivity contribution in [1.29, 1.82) is 0 Å². The SMILES string of the molecule is CCOC(=O)c1c(NC(=O)c2ccc(C)o2)sc(C(C)=O)c1C. The van der Waals surface area contributed by atoms with Gasteiger partial charge in [-0.05, 0) is 45.4 Å². The number of carbonyl (C=O) groups excluding carboxylic acids is 3. The standard InChI is InChI=1S/C16H17NO5S/c1-5-21-16(20)12-9(3)13(10(4)18)23-15(12)17-14(19)11-7-6-8(2)22-11/h6-7H,5H2,1-4H3,(H,17,19). The van der Waals surface area contributed by atoms with Gasteiger partial charge in [0.1, 0.15) is 10.8 Å². The van der Waals surface area contributed by atoms with Crippen LogP contribution in [-0.4, -0.2) is 24.3 Å². The van der Waals surface area contributed by atoms with Gasteiger partial charge >= 0.3 is 5.97 Å². The molecule has 0 radical (unpaired) electrons. The predicted octanol–water partition coefficient (Wildman–Crippen LogP) is 3.59. The molecule has 2 heterocycles. The Morgan fingerprint density at radius 1 is 1.26 bits per heavy atom. The third-order valence-corrected chi connectivity index (χ3v) is 4.45. The number of anilines is 1. The number of furan rings is 1. The maximum atomic E-state index is 12.2. The molecular formula is C16H17NO5S. The van der Waals surface area contributed by atoms with Gasteiger partial charge in [-0.1, -0.05) is 0 Å². The lowest BCUT2D eigenvalue weighted by atomic mass is 10.1. The second-order valence-electron chi connectivity index (χ2n) is 4.90. The van der Waals surface area contributed by atoms with Crippen LogP contribution < -0.4 is 5.32 Å². The molecule has 0 aliphatic rings. The highest BCUT2D eigenvalue weighted by Gasteiger charge is 2.26. The quantitative estimate of drug-likeness (QED) is 0.666. The van der Waals surface area contributed by atoms with E-state index in [4.69, 9.17) is 9.15 Å². The monoisotopic (exact) mass is 335 g/mol. The summed E-state index contributed by atoms with van der Waals surface area (Å²) in [4.78, 5) is 36.5. The lowest BCUT2D eigenvalue weighted by Crippen LogP contribution is -2.14. The van der Waals surface area contributed by atoms with Crippen LogP contribution in [0.5, 0.6) is 0 Å². The number of hydrogen-bond acceptors (Lipinski definition) is 6. The van der Waals surface area contributed by atoms with Crippen LogP contribution in [0.4, 0.5) is 5.00 Å². The van der Waals surface area contributed by atoms with Crippen LogP contribution >= 0.6 is 11.3 Å². The van der Waals surface area contributed by atoms with Crippen molar-refractivity contribution in [3.8, 4) is 0 Å². The van der Waals surface area contributed by atoms with Crippen LogP contribution in [0, 0.1) is 13.8 Å². The van der Waals surface area contributed by atoms with Crippen LogP contribution in [0.25, 0.3) is 0 Å². The molecule has 0 spiro atoms. The lowest BCUT2D eigenvalue weighted by molar-refractivity contribution is 0.0527. The predicted molar refractivity (Wildman–Crippen MR) is 86.4 cm³/mol. The minimum Gasteiger partial charge on any atom is -0.462 e. The van der Waals surface area contributed by atoms with Gasteiger partial charge < -0.3 is 14.5 Å². The highest BCUT2D eigenvalue weighted by atomic mass is 32.1. The van der Waals surface area contributed by atoms with Crippen LogP contribution in [0.2, 0.25) is 0 Å². The van der Waals surface area contributed by atoms with Crippen molar-refractivity contribution >= 4 is 34.0 Å². The first-order valence-electron chi connectivity index (χ1n) is 7.04. The van der Waals surface area contributed by atoms with E-state index in [-0.39, 0.29) is 28.7 Å². The molecule has 0 fully saturated rings. The van der Waals surface area contributed by atoms with Gasteiger partial charge in [-0.3, -0.25) is 9.59 Å². The molecule has 2 aromatic rings. The van der Waals surface area contributed by atoms with Gasteiger partial charge in [0.25, 0.3) is 5.91 Å². The summed E-state index contributed by atoms with van der Waals surface area (Å²) >= 11 is 1.05. The average Bonchev–Trinajstić information content (AvgIpc) is 3.03. The van der Waals surface area contributed by atoms with Gasteiger partial charge in [-0.15, -0.1) is 11.3 Å². The number of carbonyl (C=O) groups is 3. The summed E-state index contributed by atoms with van der Waals surface area (Å²) in [6, 6.07) is 3.21. The van der Waals surface area contributed by atoms with Crippen molar-refractivity contribution in [2.45, 2.75) is 27.7 Å². The number of ketones is 1. The topological polar surface area (TPSA) is 85.6 Å². The van der Waals surface area contributed by atoms with Gasteiger partial charge in [-0.25, -0.2) is 4.79 Å². The summed E-state index contributed by atoms with van der Waals surface area (Å²) in [6.07, 6.45) is 0. The first-order valence-corrected chi connectivity index (χ1v) is 7.86. The van der Waals surface area contributed by atoms with Crippen molar-refractivity contribution in [2.75, 3.05) is 11.9 Å². The number of thiophene rings is 1. The van der Waals surface area contributed by atoms with E-state index in [0.717, 1.165) is 11.3 Å². The summed E-state index contributed by atoms with van der Waals surface area (Å²) in [5, 5.41) is 2.91. The van der Waals surface area contributed by atoms with E-state index in [1.807, 2.05) is 0 Å². The number of nitrogens with one attached hydrogen (secondary N) is 1. The normalized spacial score (nSPS) is 10.4. The average molecular weight is 335 g/mol. The highest BCUT2D eigenvalue weighted by Crippen LogP contribution is 2.34. The molecule has 0 saturated heterocycles. The molecule has 7 heteroatoms. The Bertz CT molecular complexity index is 772. The van der Waals surface area contributed by atoms with Crippen LogP contribution in [0.15, 0.2) is 16.5 Å². The molecule has 2 aromatic heterocycles. The number of rotatable bonds is 5. The molecule has 0 aliphatic heterocycles. The molecule has 0 saturated carbocycles. The van der Waals surface area contributed by atoms with Gasteiger partial charge in [0.05, 0.1) is 17.0 Å². The second-order valence-corrected chi connectivity index (χ2v) is 5.92. The molecule has 1 N–H and O–H groups in total. The maximum absolute atomic E-state index is 12.2. The van der Waals surface area contributed by atoms with E-state index in [1.165, 1.54) is 6.92 Å². The summed E-state index contributed by atoms with van der Waals surface area (Å²) in [6.45, 7) is 6.69. The third kappa shape index (κ3) is 3.50. The van der Waals surface area contributed by atoms with Crippen molar-refractivity contribution in [1.82, 2.24) is 0 Å². The Morgan fingerprint density at radius 2 is 1.96 bits per heavy atom. The molecular weight excluding hydrogens is 318 g/mol. The minimum atomic E-state index is -0.570. The molecule has 122 valence electrons. The number of aryl methyl sites for hydroxylation is 1. The van der Waals surface area contributed by atoms with E-state index < -0.39 is 11.9 Å². The Hall–Kier alpha value is -2.41. The Kier molecular flexibility index (Phi) is 5.00. The van der Waals surface area contributed by atoms with Crippen LogP contribution in [0.3, 0.4) is 0 Å².